The summed E-state index contributed by atoms with van der Waals surface area (Å²) in [6.07, 6.45) is 3.07. The number of rotatable bonds is 5. The zero-order valence-electron chi connectivity index (χ0n) is 17.2. The maximum Gasteiger partial charge on any atom is 0.283 e. The van der Waals surface area contributed by atoms with Crippen LogP contribution in [0.2, 0.25) is 0 Å². The molecule has 3 heterocycles. The highest BCUT2D eigenvalue weighted by atomic mass is 32.2. The van der Waals surface area contributed by atoms with E-state index in [0.29, 0.717) is 5.52 Å². The molecule has 32 heavy (non-hydrogen) atoms. The van der Waals surface area contributed by atoms with E-state index in [4.69, 9.17) is 0 Å². The molecule has 1 saturated heterocycles. The van der Waals surface area contributed by atoms with Gasteiger partial charge in [0.1, 0.15) is 5.69 Å². The minimum Gasteiger partial charge on any atom is -0.369 e. The van der Waals surface area contributed by atoms with E-state index in [1.807, 2.05) is 18.2 Å². The van der Waals surface area contributed by atoms with Crippen molar-refractivity contribution in [3.8, 4) is 0 Å². The number of hydrogen-bond acceptors (Lipinski definition) is 7. The Morgan fingerprint density at radius 3 is 2.59 bits per heavy atom. The fraction of sp³-hybridized carbons (Fsp3) is 0.174. The maximum atomic E-state index is 13.5. The number of nitrogens with zero attached hydrogens (tertiary/aromatic N) is 4. The number of anilines is 1. The van der Waals surface area contributed by atoms with Crippen LogP contribution in [0.5, 0.6) is 0 Å². The molecule has 8 nitrogen and oxygen atoms in total. The lowest BCUT2D eigenvalue weighted by Crippen LogP contribution is -2.43. The molecular weight excluding hydrogens is 426 g/mol. The van der Waals surface area contributed by atoms with E-state index in [1.165, 1.54) is 24.5 Å². The molecule has 1 fully saturated rings. The van der Waals surface area contributed by atoms with E-state index in [0.717, 1.165) is 41.3 Å². The fourth-order valence-corrected chi connectivity index (χ4v) is 5.15. The molecule has 0 saturated carbocycles. The van der Waals surface area contributed by atoms with Gasteiger partial charge in [0, 0.05) is 49.0 Å². The second-order valence-electron chi connectivity index (χ2n) is 7.54. The van der Waals surface area contributed by atoms with Crippen molar-refractivity contribution >= 4 is 32.4 Å². The predicted molar refractivity (Wildman–Crippen MR) is 122 cm³/mol. The van der Waals surface area contributed by atoms with Gasteiger partial charge in [-0.3, -0.25) is 9.78 Å². The van der Waals surface area contributed by atoms with Crippen molar-refractivity contribution in [2.24, 2.45) is 0 Å². The summed E-state index contributed by atoms with van der Waals surface area (Å²) in [5.41, 5.74) is 1.97. The number of carbonyl (C=O) groups is 1. The van der Waals surface area contributed by atoms with Crippen LogP contribution in [0.25, 0.3) is 10.9 Å². The standard InChI is InChI=1S/C23H21N5O3S/c29-23(21-6-1-2-9-25-21)17-4-3-5-20(14-17)32(30,31)28-22-15-19(8-7-18(22)16-26-28)27-12-10-24-11-13-27/h1-9,14-16,24H,10-13H2. The van der Waals surface area contributed by atoms with E-state index in [9.17, 15) is 13.2 Å². The summed E-state index contributed by atoms with van der Waals surface area (Å²) in [7, 11) is -4.01. The molecule has 0 unspecified atom stereocenters. The molecule has 0 aliphatic carbocycles. The zero-order chi connectivity index (χ0) is 22.1. The van der Waals surface area contributed by atoms with Gasteiger partial charge < -0.3 is 10.2 Å². The van der Waals surface area contributed by atoms with Crippen molar-refractivity contribution < 1.29 is 13.2 Å². The summed E-state index contributed by atoms with van der Waals surface area (Å²) < 4.78 is 28.0. The summed E-state index contributed by atoms with van der Waals surface area (Å²) in [5, 5.41) is 8.21. The van der Waals surface area contributed by atoms with Crippen molar-refractivity contribution in [2.75, 3.05) is 31.1 Å². The van der Waals surface area contributed by atoms with Gasteiger partial charge in [-0.15, -0.1) is 0 Å². The number of benzene rings is 2. The van der Waals surface area contributed by atoms with E-state index in [1.54, 1.807) is 30.3 Å². The topological polar surface area (TPSA) is 97.2 Å². The molecule has 0 amide bonds. The third-order valence-corrected chi connectivity index (χ3v) is 7.12. The molecule has 2 aromatic heterocycles. The molecule has 0 atom stereocenters. The Hall–Kier alpha value is -3.56. The van der Waals surface area contributed by atoms with Crippen LogP contribution in [-0.2, 0) is 10.0 Å². The Balaban J connectivity index is 1.54. The summed E-state index contributed by atoms with van der Waals surface area (Å²) in [6, 6.07) is 16.7. The fourth-order valence-electron chi connectivity index (χ4n) is 3.84. The van der Waals surface area contributed by atoms with Gasteiger partial charge >= 0.3 is 0 Å². The van der Waals surface area contributed by atoms with Crippen molar-refractivity contribution in [3.05, 3.63) is 84.3 Å². The number of ketones is 1. The van der Waals surface area contributed by atoms with Crippen molar-refractivity contribution in [1.29, 1.82) is 0 Å². The van der Waals surface area contributed by atoms with Gasteiger partial charge in [-0.05, 0) is 42.5 Å². The summed E-state index contributed by atoms with van der Waals surface area (Å²) in [5.74, 6) is -0.339. The Bertz CT molecular complexity index is 1390. The number of hydrogen-bond donors (Lipinski definition) is 1. The van der Waals surface area contributed by atoms with Gasteiger partial charge in [0.05, 0.1) is 16.6 Å². The summed E-state index contributed by atoms with van der Waals surface area (Å²) in [4.78, 5) is 19.0. The molecule has 1 aliphatic heterocycles. The highest BCUT2D eigenvalue weighted by molar-refractivity contribution is 7.90. The first-order chi connectivity index (χ1) is 15.5. The van der Waals surface area contributed by atoms with Gasteiger partial charge in [-0.1, -0.05) is 18.2 Å². The monoisotopic (exact) mass is 447 g/mol. The summed E-state index contributed by atoms with van der Waals surface area (Å²) in [6.45, 7) is 3.47. The van der Waals surface area contributed by atoms with Gasteiger partial charge in [0.15, 0.2) is 0 Å². The van der Waals surface area contributed by atoms with Gasteiger partial charge in [0.2, 0.25) is 5.78 Å². The molecule has 0 radical (unpaired) electrons. The average Bonchev–Trinajstić information content (AvgIpc) is 3.29. The number of carbonyl (C=O) groups excluding carboxylic acids is 1. The highest BCUT2D eigenvalue weighted by Crippen LogP contribution is 2.26. The molecular formula is C23H21N5O3S. The van der Waals surface area contributed by atoms with Crippen LogP contribution in [-0.4, -0.2) is 54.5 Å². The lowest BCUT2D eigenvalue weighted by atomic mass is 10.1. The van der Waals surface area contributed by atoms with E-state index >= 15 is 0 Å². The molecule has 0 bridgehead atoms. The van der Waals surface area contributed by atoms with Crippen LogP contribution in [0.4, 0.5) is 5.69 Å². The molecule has 0 spiro atoms. The van der Waals surface area contributed by atoms with Gasteiger partial charge in [-0.25, -0.2) is 0 Å². The first kappa shape index (κ1) is 20.3. The smallest absolute Gasteiger partial charge is 0.283 e. The Morgan fingerprint density at radius 1 is 0.969 bits per heavy atom. The molecule has 162 valence electrons. The quantitative estimate of drug-likeness (QED) is 0.469. The Kier molecular flexibility index (Phi) is 5.20. The number of piperazine rings is 1. The van der Waals surface area contributed by atoms with Crippen molar-refractivity contribution in [3.63, 3.8) is 0 Å². The third kappa shape index (κ3) is 3.65. The molecule has 9 heteroatoms. The SMILES string of the molecule is O=C(c1cccc(S(=O)(=O)n2ncc3ccc(N4CCNCC4)cc32)c1)c1ccccn1. The highest BCUT2D eigenvalue weighted by Gasteiger charge is 2.23. The largest absolute Gasteiger partial charge is 0.369 e. The van der Waals surface area contributed by atoms with E-state index in [-0.39, 0.29) is 21.9 Å². The zero-order valence-corrected chi connectivity index (χ0v) is 18.0. The van der Waals surface area contributed by atoms with Crippen LogP contribution in [0.1, 0.15) is 16.1 Å². The minimum absolute atomic E-state index is 0.00291. The predicted octanol–water partition coefficient (Wildman–Crippen LogP) is 2.31. The first-order valence-corrected chi connectivity index (χ1v) is 11.7. The second-order valence-corrected chi connectivity index (χ2v) is 9.31. The van der Waals surface area contributed by atoms with E-state index in [2.05, 4.69) is 20.3 Å². The minimum atomic E-state index is -4.01. The number of fused-ring (bicyclic) bond motifs is 1. The lowest BCUT2D eigenvalue weighted by molar-refractivity contribution is 0.103. The van der Waals surface area contributed by atoms with Gasteiger partial charge in [0.25, 0.3) is 10.0 Å². The first-order valence-electron chi connectivity index (χ1n) is 10.3. The number of pyridine rings is 1. The van der Waals surface area contributed by atoms with Crippen LogP contribution < -0.4 is 10.2 Å². The molecule has 5 rings (SSSR count). The number of aromatic nitrogens is 3. The van der Waals surface area contributed by atoms with Crippen LogP contribution in [0.3, 0.4) is 0 Å². The second kappa shape index (κ2) is 8.18. The van der Waals surface area contributed by atoms with Crippen LogP contribution in [0.15, 0.2) is 78.0 Å². The average molecular weight is 448 g/mol. The molecule has 4 aromatic rings. The van der Waals surface area contributed by atoms with Crippen molar-refractivity contribution in [1.82, 2.24) is 19.5 Å². The molecule has 1 aliphatic rings. The molecule has 1 N–H and O–H groups in total. The van der Waals surface area contributed by atoms with Crippen LogP contribution in [0, 0.1) is 0 Å². The van der Waals surface area contributed by atoms with Gasteiger partial charge in [-0.2, -0.15) is 17.6 Å². The Morgan fingerprint density at radius 2 is 1.81 bits per heavy atom. The summed E-state index contributed by atoms with van der Waals surface area (Å²) >= 11 is 0. The lowest BCUT2D eigenvalue weighted by Gasteiger charge is -2.29. The van der Waals surface area contributed by atoms with E-state index < -0.39 is 10.0 Å². The Labute approximate surface area is 185 Å². The van der Waals surface area contributed by atoms with Crippen LogP contribution >= 0.6 is 0 Å². The molecule has 2 aromatic carbocycles. The normalized spacial score (nSPS) is 14.6. The maximum absolute atomic E-state index is 13.5. The third-order valence-electron chi connectivity index (χ3n) is 5.52. The van der Waals surface area contributed by atoms with Crippen molar-refractivity contribution in [2.45, 2.75) is 4.90 Å². The number of nitrogens with one attached hydrogen (secondary N) is 1.